The molecular weight excluding hydrogens is 312 g/mol. The predicted molar refractivity (Wildman–Crippen MR) is 88.2 cm³/mol. The molecule has 5 nitrogen and oxygen atoms in total. The van der Waals surface area contributed by atoms with E-state index in [2.05, 4.69) is 5.10 Å². The lowest BCUT2D eigenvalue weighted by Gasteiger charge is -2.05. The summed E-state index contributed by atoms with van der Waals surface area (Å²) in [6.07, 6.45) is 2.28. The lowest BCUT2D eigenvalue weighted by atomic mass is 10.1. The molecule has 0 bridgehead atoms. The van der Waals surface area contributed by atoms with Gasteiger partial charge in [0.15, 0.2) is 6.29 Å². The van der Waals surface area contributed by atoms with E-state index in [1.165, 1.54) is 17.4 Å². The Bertz CT molecular complexity index is 862. The number of thiophene rings is 1. The zero-order valence-corrected chi connectivity index (χ0v) is 13.2. The summed E-state index contributed by atoms with van der Waals surface area (Å²) in [7, 11) is 0. The van der Waals surface area contributed by atoms with Crippen molar-refractivity contribution in [1.29, 1.82) is 0 Å². The van der Waals surface area contributed by atoms with Gasteiger partial charge < -0.3 is 5.11 Å². The Morgan fingerprint density at radius 2 is 2.04 bits per heavy atom. The second-order valence-electron chi connectivity index (χ2n) is 5.17. The molecule has 0 amide bonds. The first-order valence-corrected chi connectivity index (χ1v) is 7.86. The van der Waals surface area contributed by atoms with Gasteiger partial charge in [-0.3, -0.25) is 9.48 Å². The maximum absolute atomic E-state index is 11.5. The summed E-state index contributed by atoms with van der Waals surface area (Å²) < 4.78 is 1.60. The summed E-state index contributed by atoms with van der Waals surface area (Å²) in [6.45, 7) is 2.47. The number of carboxylic acid groups (broad SMARTS) is 1. The Labute approximate surface area is 136 Å². The van der Waals surface area contributed by atoms with E-state index in [4.69, 9.17) is 0 Å². The number of aromatic carboxylic acids is 1. The first-order valence-electron chi connectivity index (χ1n) is 6.98. The van der Waals surface area contributed by atoms with Crippen LogP contribution in [0.15, 0.2) is 41.9 Å². The quantitative estimate of drug-likeness (QED) is 0.729. The molecular formula is C17H14N2O3S. The molecule has 116 valence electrons. The number of carbonyl (C=O) groups excluding carboxylic acids is 1. The molecule has 1 N–H and O–H groups in total. The lowest BCUT2D eigenvalue weighted by Crippen LogP contribution is -2.06. The van der Waals surface area contributed by atoms with Gasteiger partial charge in [-0.15, -0.1) is 11.3 Å². The Kier molecular flexibility index (Phi) is 4.08. The summed E-state index contributed by atoms with van der Waals surface area (Å²) in [4.78, 5) is 23.4. The highest BCUT2D eigenvalue weighted by atomic mass is 32.1. The summed E-state index contributed by atoms with van der Waals surface area (Å²) in [5, 5.41) is 15.2. The first kappa shape index (κ1) is 15.2. The molecule has 0 saturated carbocycles. The second-order valence-corrected chi connectivity index (χ2v) is 6.09. The van der Waals surface area contributed by atoms with Crippen molar-refractivity contribution in [3.05, 3.63) is 64.3 Å². The molecule has 0 unspecified atom stereocenters. The molecule has 0 aliphatic rings. The number of aromatic nitrogens is 2. The molecule has 0 fully saturated rings. The third-order valence-electron chi connectivity index (χ3n) is 3.59. The molecule has 0 aliphatic carbocycles. The average Bonchev–Trinajstić information content (AvgIpc) is 3.15. The number of nitrogens with zero attached hydrogens (tertiary/aromatic N) is 2. The maximum atomic E-state index is 11.5. The summed E-state index contributed by atoms with van der Waals surface area (Å²) in [6, 6.07) is 9.51. The number of aldehydes is 1. The SMILES string of the molecule is Cc1ccc(Cn2ncc(-c3sccc3C(=O)O)c2C=O)cc1. The van der Waals surface area contributed by atoms with Gasteiger partial charge >= 0.3 is 5.97 Å². The van der Waals surface area contributed by atoms with Crippen LogP contribution in [0, 0.1) is 6.92 Å². The number of hydrogen-bond acceptors (Lipinski definition) is 4. The van der Waals surface area contributed by atoms with E-state index in [0.29, 0.717) is 22.7 Å². The molecule has 3 rings (SSSR count). The molecule has 2 heterocycles. The van der Waals surface area contributed by atoms with Crippen LogP contribution in [-0.2, 0) is 6.54 Å². The van der Waals surface area contributed by atoms with Gasteiger partial charge in [-0.05, 0) is 23.9 Å². The van der Waals surface area contributed by atoms with Gasteiger partial charge in [0.1, 0.15) is 5.69 Å². The standard InChI is InChI=1S/C17H14N2O3S/c1-11-2-4-12(5-3-11)9-19-15(10-20)14(8-18-19)16-13(17(21)22)6-7-23-16/h2-8,10H,9H2,1H3,(H,21,22). The van der Waals surface area contributed by atoms with E-state index in [1.54, 1.807) is 16.3 Å². The number of benzene rings is 1. The highest BCUT2D eigenvalue weighted by Gasteiger charge is 2.19. The van der Waals surface area contributed by atoms with Crippen LogP contribution in [0.5, 0.6) is 0 Å². The Hall–Kier alpha value is -2.73. The minimum atomic E-state index is -1.01. The predicted octanol–water partition coefficient (Wildman–Crippen LogP) is 3.48. The van der Waals surface area contributed by atoms with E-state index in [0.717, 1.165) is 17.4 Å². The van der Waals surface area contributed by atoms with E-state index < -0.39 is 5.97 Å². The van der Waals surface area contributed by atoms with Crippen LogP contribution in [0.1, 0.15) is 32.0 Å². The fraction of sp³-hybridized carbons (Fsp3) is 0.118. The van der Waals surface area contributed by atoms with E-state index in [1.807, 2.05) is 31.2 Å². The molecule has 6 heteroatoms. The lowest BCUT2D eigenvalue weighted by molar-refractivity contribution is 0.0698. The average molecular weight is 326 g/mol. The topological polar surface area (TPSA) is 72.2 Å². The number of aryl methyl sites for hydroxylation is 1. The van der Waals surface area contributed by atoms with Gasteiger partial charge in [0.2, 0.25) is 0 Å². The smallest absolute Gasteiger partial charge is 0.337 e. The van der Waals surface area contributed by atoms with Crippen LogP contribution >= 0.6 is 11.3 Å². The third-order valence-corrected chi connectivity index (χ3v) is 4.53. The van der Waals surface area contributed by atoms with E-state index >= 15 is 0 Å². The molecule has 1 aromatic carbocycles. The number of carboxylic acids is 1. The van der Waals surface area contributed by atoms with Gasteiger partial charge in [0.05, 0.1) is 23.2 Å². The van der Waals surface area contributed by atoms with Crippen LogP contribution in [0.4, 0.5) is 0 Å². The zero-order chi connectivity index (χ0) is 16.4. The largest absolute Gasteiger partial charge is 0.478 e. The van der Waals surface area contributed by atoms with Gasteiger partial charge in [0, 0.05) is 5.56 Å². The van der Waals surface area contributed by atoms with E-state index in [-0.39, 0.29) is 5.56 Å². The van der Waals surface area contributed by atoms with Gasteiger partial charge in [0.25, 0.3) is 0 Å². The summed E-state index contributed by atoms with van der Waals surface area (Å²) in [5.41, 5.74) is 3.32. The van der Waals surface area contributed by atoms with Crippen molar-refractivity contribution in [2.24, 2.45) is 0 Å². The van der Waals surface area contributed by atoms with Crippen LogP contribution < -0.4 is 0 Å². The van der Waals surface area contributed by atoms with Crippen LogP contribution in [-0.4, -0.2) is 27.1 Å². The molecule has 0 atom stereocenters. The zero-order valence-electron chi connectivity index (χ0n) is 12.4. The Morgan fingerprint density at radius 3 is 2.70 bits per heavy atom. The van der Waals surface area contributed by atoms with Gasteiger partial charge in [-0.1, -0.05) is 29.8 Å². The fourth-order valence-electron chi connectivity index (χ4n) is 2.37. The van der Waals surface area contributed by atoms with Crippen molar-refractivity contribution >= 4 is 23.6 Å². The number of carbonyl (C=O) groups is 2. The second kappa shape index (κ2) is 6.18. The highest BCUT2D eigenvalue weighted by Crippen LogP contribution is 2.31. The molecule has 3 aromatic rings. The molecule has 0 saturated heterocycles. The Balaban J connectivity index is 2.00. The number of rotatable bonds is 5. The molecule has 0 radical (unpaired) electrons. The van der Waals surface area contributed by atoms with Gasteiger partial charge in [-0.2, -0.15) is 5.10 Å². The molecule has 0 aliphatic heterocycles. The van der Waals surface area contributed by atoms with E-state index in [9.17, 15) is 14.7 Å². The summed E-state index contributed by atoms with van der Waals surface area (Å²) in [5.74, 6) is -1.01. The Morgan fingerprint density at radius 1 is 1.30 bits per heavy atom. The van der Waals surface area contributed by atoms with Crippen LogP contribution in [0.25, 0.3) is 10.4 Å². The number of hydrogen-bond donors (Lipinski definition) is 1. The fourth-order valence-corrected chi connectivity index (χ4v) is 3.28. The van der Waals surface area contributed by atoms with Crippen molar-refractivity contribution in [2.75, 3.05) is 0 Å². The van der Waals surface area contributed by atoms with Crippen molar-refractivity contribution in [3.63, 3.8) is 0 Å². The molecule has 2 aromatic heterocycles. The first-order chi connectivity index (χ1) is 11.1. The monoisotopic (exact) mass is 326 g/mol. The van der Waals surface area contributed by atoms with Crippen LogP contribution in [0.3, 0.4) is 0 Å². The third kappa shape index (κ3) is 2.93. The normalized spacial score (nSPS) is 10.7. The highest BCUT2D eigenvalue weighted by molar-refractivity contribution is 7.14. The van der Waals surface area contributed by atoms with Crippen molar-refractivity contribution in [1.82, 2.24) is 9.78 Å². The maximum Gasteiger partial charge on any atom is 0.337 e. The minimum Gasteiger partial charge on any atom is -0.478 e. The summed E-state index contributed by atoms with van der Waals surface area (Å²) >= 11 is 1.29. The van der Waals surface area contributed by atoms with Crippen molar-refractivity contribution in [2.45, 2.75) is 13.5 Å². The van der Waals surface area contributed by atoms with Crippen molar-refractivity contribution < 1.29 is 14.7 Å². The minimum absolute atomic E-state index is 0.188. The molecule has 0 spiro atoms. The van der Waals surface area contributed by atoms with Gasteiger partial charge in [-0.25, -0.2) is 4.79 Å². The van der Waals surface area contributed by atoms with Crippen LogP contribution in [0.2, 0.25) is 0 Å². The van der Waals surface area contributed by atoms with Crippen molar-refractivity contribution in [3.8, 4) is 10.4 Å². The molecule has 23 heavy (non-hydrogen) atoms.